The minimum absolute atomic E-state index is 0.00595. The van der Waals surface area contributed by atoms with Gasteiger partial charge >= 0.3 is 0 Å². The van der Waals surface area contributed by atoms with Gasteiger partial charge in [-0.25, -0.2) is 22.5 Å². The van der Waals surface area contributed by atoms with Gasteiger partial charge in [-0.15, -0.1) is 0 Å². The zero-order valence-electron chi connectivity index (χ0n) is 17.8. The van der Waals surface area contributed by atoms with E-state index >= 15 is 0 Å². The summed E-state index contributed by atoms with van der Waals surface area (Å²) in [4.78, 5) is 20.2. The largest absolute Gasteiger partial charge is 0.396 e. The van der Waals surface area contributed by atoms with E-state index in [9.17, 15) is 17.6 Å². The fourth-order valence-corrected chi connectivity index (χ4v) is 4.26. The maximum atomic E-state index is 14.0. The Morgan fingerprint density at radius 2 is 1.85 bits per heavy atom. The Bertz CT molecular complexity index is 1270. The van der Waals surface area contributed by atoms with Gasteiger partial charge in [-0.05, 0) is 65.2 Å². The van der Waals surface area contributed by atoms with Crippen LogP contribution in [0.4, 0.5) is 27.5 Å². The Hall–Kier alpha value is -3.13. The van der Waals surface area contributed by atoms with E-state index in [1.54, 1.807) is 12.1 Å². The topological polar surface area (TPSA) is 159 Å². The molecule has 180 valence electrons. The highest BCUT2D eigenvalue weighted by Crippen LogP contribution is 2.28. The van der Waals surface area contributed by atoms with Crippen molar-refractivity contribution >= 4 is 55.0 Å². The van der Waals surface area contributed by atoms with Crippen molar-refractivity contribution in [2.75, 3.05) is 23.8 Å². The van der Waals surface area contributed by atoms with Crippen molar-refractivity contribution in [3.8, 4) is 0 Å². The highest BCUT2D eigenvalue weighted by atomic mass is 79.9. The van der Waals surface area contributed by atoms with Crippen LogP contribution in [-0.4, -0.2) is 42.6 Å². The van der Waals surface area contributed by atoms with Gasteiger partial charge in [-0.2, -0.15) is 4.98 Å². The predicted octanol–water partition coefficient (Wildman–Crippen LogP) is 3.02. The number of nitrogens with two attached hydrogens (primary N) is 1. The first-order chi connectivity index (χ1) is 16.2. The summed E-state index contributed by atoms with van der Waals surface area (Å²) >= 11 is 3.30. The van der Waals surface area contributed by atoms with Gasteiger partial charge in [0.1, 0.15) is 11.6 Å². The number of hydrogen-bond acceptors (Lipinski definition) is 8. The van der Waals surface area contributed by atoms with Crippen LogP contribution < -0.4 is 21.1 Å². The van der Waals surface area contributed by atoms with Crippen LogP contribution in [0.25, 0.3) is 0 Å². The van der Waals surface area contributed by atoms with Gasteiger partial charge in [-0.3, -0.25) is 4.79 Å². The summed E-state index contributed by atoms with van der Waals surface area (Å²) in [5, 5.41) is 14.6. The molecule has 34 heavy (non-hydrogen) atoms. The monoisotopic (exact) mass is 552 g/mol. The molecule has 0 spiro atoms. The molecule has 0 aliphatic rings. The summed E-state index contributed by atoms with van der Waals surface area (Å²) in [5.74, 6) is -1.28. The molecular weight excluding hydrogens is 531 g/mol. The molecule has 0 atom stereocenters. The molecule has 1 amide bonds. The third-order valence-corrected chi connectivity index (χ3v) is 6.61. The number of aliphatic hydroxyl groups is 1. The summed E-state index contributed by atoms with van der Waals surface area (Å²) in [5.41, 5.74) is 5.65. The van der Waals surface area contributed by atoms with Crippen molar-refractivity contribution in [2.45, 2.75) is 17.7 Å². The molecule has 0 unspecified atom stereocenters. The Balaban J connectivity index is 1.75. The number of anilines is 4. The van der Waals surface area contributed by atoms with Crippen molar-refractivity contribution in [2.24, 2.45) is 5.73 Å². The number of rotatable bonds is 11. The molecule has 2 aromatic carbocycles. The molecule has 0 saturated heterocycles. The summed E-state index contributed by atoms with van der Waals surface area (Å²) in [6.45, 7) is 0.236. The lowest BCUT2D eigenvalue weighted by Gasteiger charge is -2.13. The zero-order chi connectivity index (χ0) is 24.7. The van der Waals surface area contributed by atoms with Crippen LogP contribution in [0, 0.1) is 5.82 Å². The van der Waals surface area contributed by atoms with Crippen molar-refractivity contribution in [3.63, 3.8) is 0 Å². The van der Waals surface area contributed by atoms with E-state index in [1.165, 1.54) is 30.5 Å². The van der Waals surface area contributed by atoms with E-state index in [2.05, 4.69) is 41.3 Å². The molecule has 13 heteroatoms. The Morgan fingerprint density at radius 3 is 2.53 bits per heavy atom. The van der Waals surface area contributed by atoms with Gasteiger partial charge in [0.15, 0.2) is 0 Å². The normalized spacial score (nSPS) is 11.3. The predicted molar refractivity (Wildman–Crippen MR) is 129 cm³/mol. The number of amides is 1. The average molecular weight is 553 g/mol. The second-order valence-corrected chi connectivity index (χ2v) is 9.64. The van der Waals surface area contributed by atoms with Crippen LogP contribution in [0.1, 0.15) is 23.2 Å². The third-order valence-electron chi connectivity index (χ3n) is 4.55. The summed E-state index contributed by atoms with van der Waals surface area (Å²) in [7, 11) is -3.67. The molecule has 10 nitrogen and oxygen atoms in total. The Morgan fingerprint density at radius 1 is 1.12 bits per heavy atom. The standard InChI is InChI=1S/C21H22BrFN6O4S/c22-15-12-25-21(29-20(15)28-17-5-3-4-16(23)18(17)19(24)31)27-13-6-8-14(9-7-13)34(32,33)26-10-1-2-11-30/h3-9,12,26,30H,1-2,10-11H2,(H2,24,31)(H2,25,27,28,29). The molecule has 0 radical (unpaired) electrons. The molecule has 0 aliphatic heterocycles. The van der Waals surface area contributed by atoms with Gasteiger partial charge in [0, 0.05) is 25.0 Å². The van der Waals surface area contributed by atoms with Gasteiger partial charge in [0.25, 0.3) is 5.91 Å². The first kappa shape index (κ1) is 25.5. The number of aromatic nitrogens is 2. The number of sulfonamides is 1. The van der Waals surface area contributed by atoms with E-state index < -0.39 is 21.7 Å². The summed E-state index contributed by atoms with van der Waals surface area (Å²) < 4.78 is 41.6. The zero-order valence-corrected chi connectivity index (χ0v) is 20.2. The lowest BCUT2D eigenvalue weighted by Crippen LogP contribution is -2.24. The smallest absolute Gasteiger partial charge is 0.253 e. The third kappa shape index (κ3) is 6.47. The first-order valence-electron chi connectivity index (χ1n) is 10.1. The molecule has 0 aliphatic carbocycles. The van der Waals surface area contributed by atoms with E-state index in [0.717, 1.165) is 6.07 Å². The number of halogens is 2. The fraction of sp³-hybridized carbons (Fsp3) is 0.190. The van der Waals surface area contributed by atoms with Crippen LogP contribution >= 0.6 is 15.9 Å². The van der Waals surface area contributed by atoms with Crippen molar-refractivity contribution in [1.29, 1.82) is 0 Å². The maximum absolute atomic E-state index is 14.0. The van der Waals surface area contributed by atoms with E-state index in [0.29, 0.717) is 23.0 Å². The number of primary amides is 1. The molecule has 1 aromatic heterocycles. The van der Waals surface area contributed by atoms with Crippen molar-refractivity contribution in [3.05, 3.63) is 64.5 Å². The Kier molecular flexibility index (Phi) is 8.50. The minimum Gasteiger partial charge on any atom is -0.396 e. The van der Waals surface area contributed by atoms with Crippen LogP contribution in [0.15, 0.2) is 58.0 Å². The number of carbonyl (C=O) groups is 1. The quantitative estimate of drug-likeness (QED) is 0.227. The number of nitrogens with one attached hydrogen (secondary N) is 3. The number of benzene rings is 2. The summed E-state index contributed by atoms with van der Waals surface area (Å²) in [6, 6.07) is 10.0. The number of hydrogen-bond donors (Lipinski definition) is 5. The highest BCUT2D eigenvalue weighted by molar-refractivity contribution is 9.10. The van der Waals surface area contributed by atoms with Gasteiger partial charge in [0.05, 0.1) is 20.6 Å². The van der Waals surface area contributed by atoms with Gasteiger partial charge in [0.2, 0.25) is 16.0 Å². The molecule has 0 fully saturated rings. The molecule has 6 N–H and O–H groups in total. The van der Waals surface area contributed by atoms with Gasteiger partial charge < -0.3 is 21.5 Å². The van der Waals surface area contributed by atoms with Crippen LogP contribution in [0.3, 0.4) is 0 Å². The SMILES string of the molecule is NC(=O)c1c(F)cccc1Nc1nc(Nc2ccc(S(=O)(=O)NCCCCO)cc2)ncc1Br. The molecule has 3 rings (SSSR count). The fourth-order valence-electron chi connectivity index (χ4n) is 2.89. The van der Waals surface area contributed by atoms with E-state index in [-0.39, 0.29) is 41.1 Å². The number of nitrogens with zero attached hydrogens (tertiary/aromatic N) is 2. The molecule has 0 bridgehead atoms. The molecule has 1 heterocycles. The maximum Gasteiger partial charge on any atom is 0.253 e. The van der Waals surface area contributed by atoms with E-state index in [1.807, 2.05) is 0 Å². The highest BCUT2D eigenvalue weighted by Gasteiger charge is 2.16. The van der Waals surface area contributed by atoms with Crippen LogP contribution in [-0.2, 0) is 10.0 Å². The number of carbonyl (C=O) groups excluding carboxylic acids is 1. The average Bonchev–Trinajstić information content (AvgIpc) is 2.79. The second-order valence-electron chi connectivity index (χ2n) is 7.02. The van der Waals surface area contributed by atoms with E-state index in [4.69, 9.17) is 10.8 Å². The molecular formula is C21H22BrFN6O4S. The van der Waals surface area contributed by atoms with Crippen LogP contribution in [0.5, 0.6) is 0 Å². The van der Waals surface area contributed by atoms with Crippen molar-refractivity contribution in [1.82, 2.24) is 14.7 Å². The molecule has 3 aromatic rings. The lowest BCUT2D eigenvalue weighted by atomic mass is 10.1. The number of aliphatic hydroxyl groups excluding tert-OH is 1. The molecule has 0 saturated carbocycles. The minimum atomic E-state index is -3.67. The lowest BCUT2D eigenvalue weighted by molar-refractivity contribution is 0.0997. The first-order valence-corrected chi connectivity index (χ1v) is 12.3. The summed E-state index contributed by atoms with van der Waals surface area (Å²) in [6.07, 6.45) is 2.50. The second kappa shape index (κ2) is 11.3. The number of unbranched alkanes of at least 4 members (excludes halogenated alkanes) is 1. The Labute approximate surface area is 204 Å². The van der Waals surface area contributed by atoms with Crippen molar-refractivity contribution < 1.29 is 22.7 Å². The van der Waals surface area contributed by atoms with Gasteiger partial charge in [-0.1, -0.05) is 6.07 Å². The van der Waals surface area contributed by atoms with Crippen LogP contribution in [0.2, 0.25) is 0 Å².